The highest BCUT2D eigenvalue weighted by Gasteiger charge is 2.31. The third-order valence-electron chi connectivity index (χ3n) is 4.33. The number of carbonyl (C=O) groups excluding carboxylic acids is 3. The summed E-state index contributed by atoms with van der Waals surface area (Å²) >= 11 is 0. The Balaban J connectivity index is 2.28. The molecule has 6 nitrogen and oxygen atoms in total. The number of hydrogen-bond acceptors (Lipinski definition) is 4. The molecule has 0 aromatic heterocycles. The fourth-order valence-electron chi connectivity index (χ4n) is 2.89. The van der Waals surface area contributed by atoms with Gasteiger partial charge in [-0.25, -0.2) is 9.18 Å². The van der Waals surface area contributed by atoms with Gasteiger partial charge in [-0.3, -0.25) is 14.5 Å². The third-order valence-corrected chi connectivity index (χ3v) is 4.33. The maximum Gasteiger partial charge on any atom is 0.408 e. The molecule has 0 radical (unpaired) electrons. The van der Waals surface area contributed by atoms with Crippen LogP contribution in [0, 0.1) is 6.92 Å². The molecule has 1 N–H and O–H groups in total. The number of ether oxygens (including phenoxy) is 1. The Morgan fingerprint density at radius 2 is 1.70 bits per heavy atom. The minimum Gasteiger partial charge on any atom is -0.444 e. The van der Waals surface area contributed by atoms with Gasteiger partial charge < -0.3 is 10.1 Å². The summed E-state index contributed by atoms with van der Waals surface area (Å²) < 4.78 is 20.5. The molecule has 2 aromatic carbocycles. The average Bonchev–Trinajstić information content (AvgIpc) is 2.69. The van der Waals surface area contributed by atoms with Crippen molar-refractivity contribution >= 4 is 18.4 Å². The number of benzene rings is 2. The molecule has 2 aromatic rings. The van der Waals surface area contributed by atoms with Crippen molar-refractivity contribution in [2.45, 2.75) is 45.5 Å². The van der Waals surface area contributed by atoms with E-state index in [1.807, 2.05) is 0 Å². The molecule has 160 valence electrons. The zero-order chi connectivity index (χ0) is 22.3. The lowest BCUT2D eigenvalue weighted by Gasteiger charge is -2.28. The highest BCUT2D eigenvalue weighted by atomic mass is 19.1. The lowest BCUT2D eigenvalue weighted by molar-refractivity contribution is -0.116. The van der Waals surface area contributed by atoms with Crippen molar-refractivity contribution in [1.29, 1.82) is 0 Å². The summed E-state index contributed by atoms with van der Waals surface area (Å²) in [4.78, 5) is 37.7. The van der Waals surface area contributed by atoms with Crippen LogP contribution in [-0.2, 0) is 9.53 Å². The molecular formula is C23H27FN2O4. The standard InChI is InChI=1S/C23H27FN2O4/c1-16-10-8-9-13-18(16)21(28)26(15-27)14-19(25-22(29)30-23(2,3)4)20(24)17-11-6-5-7-12-17/h5-13,15,19-20H,14H2,1-4H3,(H,25,29)/t19-,20-/m1/s1. The fraction of sp³-hybridized carbons (Fsp3) is 0.348. The summed E-state index contributed by atoms with van der Waals surface area (Å²) in [7, 11) is 0. The van der Waals surface area contributed by atoms with Crippen LogP contribution in [0.1, 0.15) is 48.4 Å². The topological polar surface area (TPSA) is 75.7 Å². The molecule has 0 unspecified atom stereocenters. The van der Waals surface area contributed by atoms with Crippen LogP contribution in [0.4, 0.5) is 9.18 Å². The number of alkyl carbamates (subject to hydrolysis) is 1. The van der Waals surface area contributed by atoms with Crippen LogP contribution in [0.2, 0.25) is 0 Å². The van der Waals surface area contributed by atoms with E-state index in [0.29, 0.717) is 23.1 Å². The Bertz CT molecular complexity index is 880. The molecule has 0 heterocycles. The molecule has 2 atom stereocenters. The molecule has 0 aliphatic heterocycles. The second kappa shape index (κ2) is 10.0. The molecule has 0 fully saturated rings. The second-order valence-electron chi connectivity index (χ2n) is 7.94. The van der Waals surface area contributed by atoms with Gasteiger partial charge in [-0.05, 0) is 44.9 Å². The number of halogens is 1. The average molecular weight is 414 g/mol. The van der Waals surface area contributed by atoms with E-state index in [0.717, 1.165) is 4.90 Å². The van der Waals surface area contributed by atoms with Crippen LogP contribution in [0.15, 0.2) is 54.6 Å². The zero-order valence-electron chi connectivity index (χ0n) is 17.6. The van der Waals surface area contributed by atoms with Gasteiger partial charge in [0.15, 0.2) is 0 Å². The molecular weight excluding hydrogens is 387 g/mol. The highest BCUT2D eigenvalue weighted by Crippen LogP contribution is 2.23. The number of nitrogens with one attached hydrogen (secondary N) is 1. The van der Waals surface area contributed by atoms with Gasteiger partial charge in [0.2, 0.25) is 6.41 Å². The van der Waals surface area contributed by atoms with Crippen molar-refractivity contribution in [1.82, 2.24) is 10.2 Å². The van der Waals surface area contributed by atoms with Crippen molar-refractivity contribution in [3.05, 3.63) is 71.3 Å². The summed E-state index contributed by atoms with van der Waals surface area (Å²) in [5.74, 6) is -0.570. The van der Waals surface area contributed by atoms with E-state index in [1.54, 1.807) is 82.3 Å². The minimum absolute atomic E-state index is 0.313. The monoisotopic (exact) mass is 414 g/mol. The van der Waals surface area contributed by atoms with Crippen molar-refractivity contribution in [3.8, 4) is 0 Å². The fourth-order valence-corrected chi connectivity index (χ4v) is 2.89. The predicted molar refractivity (Wildman–Crippen MR) is 112 cm³/mol. The lowest BCUT2D eigenvalue weighted by Crippen LogP contribution is -2.49. The number of hydrogen-bond donors (Lipinski definition) is 1. The number of aryl methyl sites for hydroxylation is 1. The van der Waals surface area contributed by atoms with Crippen LogP contribution in [0.3, 0.4) is 0 Å². The van der Waals surface area contributed by atoms with Crippen molar-refractivity contribution in [2.75, 3.05) is 6.54 Å². The van der Waals surface area contributed by atoms with E-state index in [4.69, 9.17) is 4.74 Å². The van der Waals surface area contributed by atoms with Gasteiger partial charge in [-0.2, -0.15) is 0 Å². The van der Waals surface area contributed by atoms with Crippen molar-refractivity contribution in [3.63, 3.8) is 0 Å². The van der Waals surface area contributed by atoms with Gasteiger partial charge in [-0.15, -0.1) is 0 Å². The maximum atomic E-state index is 15.3. The van der Waals surface area contributed by atoms with Crippen LogP contribution in [-0.4, -0.2) is 41.5 Å². The zero-order valence-corrected chi connectivity index (χ0v) is 17.6. The molecule has 7 heteroatoms. The smallest absolute Gasteiger partial charge is 0.408 e. The molecule has 2 rings (SSSR count). The Kier molecular flexibility index (Phi) is 7.69. The minimum atomic E-state index is -1.66. The summed E-state index contributed by atoms with van der Waals surface area (Å²) in [5, 5.41) is 2.47. The molecule has 30 heavy (non-hydrogen) atoms. The van der Waals surface area contributed by atoms with E-state index in [9.17, 15) is 14.4 Å². The van der Waals surface area contributed by atoms with Crippen molar-refractivity contribution < 1.29 is 23.5 Å². The third kappa shape index (κ3) is 6.40. The van der Waals surface area contributed by atoms with Crippen LogP contribution < -0.4 is 5.32 Å². The molecule has 3 amide bonds. The lowest BCUT2D eigenvalue weighted by atomic mass is 10.0. The number of imide groups is 1. The molecule has 0 aliphatic carbocycles. The summed E-state index contributed by atoms with van der Waals surface area (Å²) in [6.07, 6.45) is -2.15. The summed E-state index contributed by atoms with van der Waals surface area (Å²) in [6.45, 7) is 6.45. The van der Waals surface area contributed by atoms with E-state index >= 15 is 4.39 Å². The van der Waals surface area contributed by atoms with E-state index < -0.39 is 29.8 Å². The SMILES string of the molecule is Cc1ccccc1C(=O)N(C=O)C[C@@H](NC(=O)OC(C)(C)C)[C@H](F)c1ccccc1. The van der Waals surface area contributed by atoms with E-state index in [-0.39, 0.29) is 6.54 Å². The van der Waals surface area contributed by atoms with Gasteiger partial charge in [-0.1, -0.05) is 48.5 Å². The van der Waals surface area contributed by atoms with Crippen LogP contribution in [0.5, 0.6) is 0 Å². The Morgan fingerprint density at radius 3 is 2.27 bits per heavy atom. The Labute approximate surface area is 176 Å². The molecule has 0 spiro atoms. The van der Waals surface area contributed by atoms with E-state index in [2.05, 4.69) is 5.32 Å². The first kappa shape index (κ1) is 23.1. The van der Waals surface area contributed by atoms with Gasteiger partial charge in [0, 0.05) is 5.56 Å². The van der Waals surface area contributed by atoms with Crippen molar-refractivity contribution in [2.24, 2.45) is 0 Å². The summed E-state index contributed by atoms with van der Waals surface area (Å²) in [6, 6.07) is 13.8. The Hall–Kier alpha value is -3.22. The quantitative estimate of drug-likeness (QED) is 0.689. The molecule has 0 saturated heterocycles. The van der Waals surface area contributed by atoms with Gasteiger partial charge >= 0.3 is 6.09 Å². The van der Waals surface area contributed by atoms with Gasteiger partial charge in [0.1, 0.15) is 11.8 Å². The molecule has 0 aliphatic rings. The molecule has 0 saturated carbocycles. The largest absolute Gasteiger partial charge is 0.444 e. The second-order valence-corrected chi connectivity index (χ2v) is 7.94. The Morgan fingerprint density at radius 1 is 1.10 bits per heavy atom. The van der Waals surface area contributed by atoms with Crippen LogP contribution in [0.25, 0.3) is 0 Å². The number of rotatable bonds is 7. The highest BCUT2D eigenvalue weighted by molar-refractivity contribution is 6.01. The number of nitrogens with zero attached hydrogens (tertiary/aromatic N) is 1. The van der Waals surface area contributed by atoms with Crippen LogP contribution >= 0.6 is 0 Å². The first-order valence-corrected chi connectivity index (χ1v) is 9.63. The number of amides is 3. The normalized spacial score (nSPS) is 13.1. The molecule has 0 bridgehead atoms. The predicted octanol–water partition coefficient (Wildman–Crippen LogP) is 4.20. The van der Waals surface area contributed by atoms with E-state index in [1.165, 1.54) is 0 Å². The van der Waals surface area contributed by atoms with Gasteiger partial charge in [0.25, 0.3) is 5.91 Å². The number of carbonyl (C=O) groups is 3. The number of alkyl halides is 1. The van der Waals surface area contributed by atoms with Gasteiger partial charge in [0.05, 0.1) is 12.6 Å². The summed E-state index contributed by atoms with van der Waals surface area (Å²) in [5.41, 5.74) is 0.545. The first-order valence-electron chi connectivity index (χ1n) is 9.63. The maximum absolute atomic E-state index is 15.3. The first-order chi connectivity index (χ1) is 14.1.